The molecule has 42 heavy (non-hydrogen) atoms. The number of carbonyl (C=O) groups is 2. The maximum atomic E-state index is 13.6. The van der Waals surface area contributed by atoms with Gasteiger partial charge in [-0.25, -0.2) is 0 Å². The molecule has 1 aliphatic rings. The minimum Gasteiger partial charge on any atom is -0.454 e. The number of fused-ring (bicyclic) bond motifs is 1. The molecule has 226 valence electrons. The molecule has 0 atom stereocenters. The third kappa shape index (κ3) is 7.94. The van der Waals surface area contributed by atoms with Crippen molar-refractivity contribution in [3.63, 3.8) is 0 Å². The summed E-state index contributed by atoms with van der Waals surface area (Å²) in [6, 6.07) is 9.43. The Balaban J connectivity index is 1.63. The van der Waals surface area contributed by atoms with Crippen LogP contribution in [0.3, 0.4) is 0 Å². The number of hydrogen-bond acceptors (Lipinski definition) is 6. The van der Waals surface area contributed by atoms with Gasteiger partial charge in [0.25, 0.3) is 5.91 Å². The predicted octanol–water partition coefficient (Wildman–Crippen LogP) is 6.22. The molecule has 0 spiro atoms. The zero-order valence-electron chi connectivity index (χ0n) is 22.3. The highest BCUT2D eigenvalue weighted by molar-refractivity contribution is 7.09. The average Bonchev–Trinajstić information content (AvgIpc) is 3.62. The Morgan fingerprint density at radius 1 is 0.905 bits per heavy atom. The van der Waals surface area contributed by atoms with Gasteiger partial charge in [0, 0.05) is 37.2 Å². The van der Waals surface area contributed by atoms with Crippen molar-refractivity contribution < 1.29 is 50.1 Å². The van der Waals surface area contributed by atoms with E-state index in [0.29, 0.717) is 29.2 Å². The summed E-state index contributed by atoms with van der Waals surface area (Å²) in [7, 11) is 1.40. The van der Waals surface area contributed by atoms with Crippen molar-refractivity contribution in [1.82, 2.24) is 9.80 Å². The quantitative estimate of drug-likeness (QED) is 0.189. The fourth-order valence-corrected chi connectivity index (χ4v) is 4.98. The topological polar surface area (TPSA) is 68.3 Å². The van der Waals surface area contributed by atoms with Crippen LogP contribution in [-0.2, 0) is 35.0 Å². The summed E-state index contributed by atoms with van der Waals surface area (Å²) in [4.78, 5) is 30.3. The van der Waals surface area contributed by atoms with Gasteiger partial charge in [0.1, 0.15) is 6.54 Å². The lowest BCUT2D eigenvalue weighted by Gasteiger charge is -2.28. The van der Waals surface area contributed by atoms with Gasteiger partial charge in [0.2, 0.25) is 12.7 Å². The average molecular weight is 617 g/mol. The monoisotopic (exact) mass is 616 g/mol. The molecular weight excluding hydrogens is 590 g/mol. The molecule has 1 aromatic heterocycles. The summed E-state index contributed by atoms with van der Waals surface area (Å²) >= 11 is 1.40. The Bertz CT molecular complexity index is 1360. The van der Waals surface area contributed by atoms with E-state index in [4.69, 9.17) is 14.2 Å². The third-order valence-corrected chi connectivity index (χ3v) is 7.18. The first-order chi connectivity index (χ1) is 19.8. The number of benzene rings is 2. The number of nitrogens with zero attached hydrogens (tertiary/aromatic N) is 2. The zero-order chi connectivity index (χ0) is 30.5. The molecule has 0 fully saturated rings. The molecule has 14 heteroatoms. The number of alkyl halides is 6. The van der Waals surface area contributed by atoms with Crippen LogP contribution in [0.2, 0.25) is 0 Å². The Morgan fingerprint density at radius 3 is 2.21 bits per heavy atom. The summed E-state index contributed by atoms with van der Waals surface area (Å²) < 4.78 is 96.4. The van der Waals surface area contributed by atoms with Crippen LogP contribution in [0.4, 0.5) is 26.3 Å². The van der Waals surface area contributed by atoms with Crippen LogP contribution >= 0.6 is 11.3 Å². The van der Waals surface area contributed by atoms with Crippen LogP contribution in [0.5, 0.6) is 11.5 Å². The molecule has 0 unspecified atom stereocenters. The molecule has 0 aliphatic carbocycles. The molecule has 2 amide bonds. The van der Waals surface area contributed by atoms with Crippen molar-refractivity contribution in [2.75, 3.05) is 33.6 Å². The molecule has 0 bridgehead atoms. The Hall–Kier alpha value is -3.78. The normalized spacial score (nSPS) is 12.8. The molecule has 0 saturated carbocycles. The predicted molar refractivity (Wildman–Crippen MR) is 140 cm³/mol. The van der Waals surface area contributed by atoms with E-state index in [1.165, 1.54) is 23.3 Å². The van der Waals surface area contributed by atoms with Gasteiger partial charge in [-0.2, -0.15) is 26.3 Å². The molecule has 3 aromatic rings. The second kappa shape index (κ2) is 13.0. The maximum absolute atomic E-state index is 13.6. The van der Waals surface area contributed by atoms with E-state index in [-0.39, 0.29) is 45.5 Å². The van der Waals surface area contributed by atoms with Gasteiger partial charge >= 0.3 is 12.4 Å². The number of halogens is 6. The second-order valence-corrected chi connectivity index (χ2v) is 10.4. The molecular formula is C28H26F6N2O5S. The van der Waals surface area contributed by atoms with E-state index in [9.17, 15) is 35.9 Å². The van der Waals surface area contributed by atoms with Crippen molar-refractivity contribution in [3.8, 4) is 11.5 Å². The van der Waals surface area contributed by atoms with Crippen molar-refractivity contribution in [1.29, 1.82) is 0 Å². The third-order valence-electron chi connectivity index (χ3n) is 6.31. The van der Waals surface area contributed by atoms with Gasteiger partial charge in [0.15, 0.2) is 11.5 Å². The smallest absolute Gasteiger partial charge is 0.416 e. The lowest BCUT2D eigenvalue weighted by molar-refractivity contribution is -0.143. The highest BCUT2D eigenvalue weighted by Gasteiger charge is 2.38. The molecule has 0 saturated heterocycles. The number of methoxy groups -OCH3 is 1. The highest BCUT2D eigenvalue weighted by Crippen LogP contribution is 2.37. The van der Waals surface area contributed by atoms with Crippen molar-refractivity contribution in [2.45, 2.75) is 31.9 Å². The van der Waals surface area contributed by atoms with E-state index in [0.717, 1.165) is 9.78 Å². The summed E-state index contributed by atoms with van der Waals surface area (Å²) in [5, 5.41) is 1.82. The number of hydrogen-bond donors (Lipinski definition) is 0. The number of carbonyl (C=O) groups excluding carboxylic acids is 2. The first kappa shape index (κ1) is 31.2. The van der Waals surface area contributed by atoms with Gasteiger partial charge in [0.05, 0.1) is 17.7 Å². The van der Waals surface area contributed by atoms with Crippen LogP contribution in [0.1, 0.15) is 38.3 Å². The van der Waals surface area contributed by atoms with Crippen LogP contribution in [0, 0.1) is 0 Å². The van der Waals surface area contributed by atoms with Crippen molar-refractivity contribution >= 4 is 23.2 Å². The molecule has 7 nitrogen and oxygen atoms in total. The molecule has 2 aromatic carbocycles. The first-order valence-electron chi connectivity index (χ1n) is 12.6. The van der Waals surface area contributed by atoms with Gasteiger partial charge in [-0.15, -0.1) is 11.3 Å². The van der Waals surface area contributed by atoms with Crippen LogP contribution < -0.4 is 9.47 Å². The van der Waals surface area contributed by atoms with Crippen LogP contribution in [0.15, 0.2) is 53.9 Å². The molecule has 4 rings (SSSR count). The Morgan fingerprint density at radius 2 is 1.60 bits per heavy atom. The lowest BCUT2D eigenvalue weighted by Crippen LogP contribution is -2.43. The Kier molecular flexibility index (Phi) is 9.67. The molecule has 1 aliphatic heterocycles. The van der Waals surface area contributed by atoms with Gasteiger partial charge in [-0.05, 0) is 53.8 Å². The number of amides is 2. The number of ether oxygens (including phenoxy) is 3. The van der Waals surface area contributed by atoms with Crippen molar-refractivity contribution in [2.24, 2.45) is 0 Å². The standard InChI is InChI=1S/C28H26F6N2O5S/c1-39-8-3-7-35(26(38)19-11-20(27(29,30)31)13-21(12-19)28(32,33)34)16-25(37)36(15-22-4-2-9-42-22)14-18-5-6-23-24(10-18)41-17-40-23/h2,4-6,9-13H,3,7-8,14-17H2,1H3. The summed E-state index contributed by atoms with van der Waals surface area (Å²) in [6.45, 7) is -0.281. The highest BCUT2D eigenvalue weighted by atomic mass is 32.1. The van der Waals surface area contributed by atoms with E-state index in [1.807, 2.05) is 11.4 Å². The SMILES string of the molecule is COCCCN(CC(=O)N(Cc1ccc2c(c1)OCO2)Cc1cccs1)C(=O)c1cc(C(F)(F)F)cc(C(F)(F)F)c1. The molecule has 0 radical (unpaired) electrons. The lowest BCUT2D eigenvalue weighted by atomic mass is 10.0. The van der Waals surface area contributed by atoms with Gasteiger partial charge < -0.3 is 24.0 Å². The van der Waals surface area contributed by atoms with Crippen molar-refractivity contribution in [3.05, 3.63) is 81.0 Å². The molecule has 2 heterocycles. The molecule has 0 N–H and O–H groups in total. The fourth-order valence-electron chi connectivity index (χ4n) is 4.26. The fraction of sp³-hybridized carbons (Fsp3) is 0.357. The number of thiophene rings is 1. The van der Waals surface area contributed by atoms with Crippen LogP contribution in [0.25, 0.3) is 0 Å². The second-order valence-electron chi connectivity index (χ2n) is 9.38. The van der Waals surface area contributed by atoms with E-state index >= 15 is 0 Å². The van der Waals surface area contributed by atoms with Gasteiger partial charge in [-0.3, -0.25) is 9.59 Å². The summed E-state index contributed by atoms with van der Waals surface area (Å²) in [5.41, 5.74) is -3.38. The number of rotatable bonds is 11. The Labute approximate surface area is 241 Å². The maximum Gasteiger partial charge on any atom is 0.416 e. The zero-order valence-corrected chi connectivity index (χ0v) is 23.1. The van der Waals surface area contributed by atoms with E-state index in [2.05, 4.69) is 0 Å². The largest absolute Gasteiger partial charge is 0.454 e. The minimum absolute atomic E-state index is 0.0503. The van der Waals surface area contributed by atoms with Gasteiger partial charge in [-0.1, -0.05) is 12.1 Å². The summed E-state index contributed by atoms with van der Waals surface area (Å²) in [5.74, 6) is -0.661. The van der Waals surface area contributed by atoms with E-state index in [1.54, 1.807) is 24.3 Å². The van der Waals surface area contributed by atoms with Crippen LogP contribution in [-0.4, -0.2) is 55.2 Å². The van der Waals surface area contributed by atoms with E-state index < -0.39 is 47.4 Å². The first-order valence-corrected chi connectivity index (χ1v) is 13.5. The summed E-state index contributed by atoms with van der Waals surface area (Å²) in [6.07, 6.45) is -10.1. The minimum atomic E-state index is -5.13.